The number of pyridine rings is 1. The normalized spacial score (nSPS) is 16.4. The Morgan fingerprint density at radius 1 is 1.17 bits per heavy atom. The zero-order valence-corrected chi connectivity index (χ0v) is 19.6. The van der Waals surface area contributed by atoms with E-state index in [4.69, 9.17) is 13.9 Å². The number of hydrogen-bond donors (Lipinski definition) is 1. The van der Waals surface area contributed by atoms with Gasteiger partial charge in [0.1, 0.15) is 12.4 Å². The number of carbonyl (C=O) groups is 1. The van der Waals surface area contributed by atoms with Crippen LogP contribution in [0.4, 0.5) is 0 Å². The predicted molar refractivity (Wildman–Crippen MR) is 128 cm³/mol. The molecule has 9 nitrogen and oxygen atoms in total. The zero-order valence-electron chi connectivity index (χ0n) is 19.6. The SMILES string of the molecule is COCc1cc(=O)c(O)c(C(CC(=O)N2CCOCC2)c2cc3cccc4c3n(c2=O)CCC4)o1. The van der Waals surface area contributed by atoms with Gasteiger partial charge in [-0.1, -0.05) is 18.2 Å². The van der Waals surface area contributed by atoms with E-state index in [1.807, 2.05) is 18.2 Å². The highest BCUT2D eigenvalue weighted by atomic mass is 16.5. The molecule has 9 heteroatoms. The van der Waals surface area contributed by atoms with Crippen LogP contribution < -0.4 is 11.0 Å². The fraction of sp³-hybridized carbons (Fsp3) is 0.423. The molecule has 5 rings (SSSR count). The number of carbonyl (C=O) groups excluding carboxylic acids is 1. The molecule has 1 unspecified atom stereocenters. The van der Waals surface area contributed by atoms with Crippen molar-refractivity contribution < 1.29 is 23.8 Å². The number of para-hydroxylation sites is 1. The fourth-order valence-electron chi connectivity index (χ4n) is 5.10. The minimum atomic E-state index is -0.943. The maximum atomic E-state index is 13.8. The van der Waals surface area contributed by atoms with Gasteiger partial charge < -0.3 is 28.5 Å². The molecule has 0 spiro atoms. The molecule has 0 aliphatic carbocycles. The van der Waals surface area contributed by atoms with Crippen molar-refractivity contribution in [2.45, 2.75) is 38.3 Å². The molecular weight excluding hydrogens is 452 g/mol. The number of ether oxygens (including phenoxy) is 2. The molecule has 0 bridgehead atoms. The molecule has 184 valence electrons. The lowest BCUT2D eigenvalue weighted by Gasteiger charge is -2.29. The van der Waals surface area contributed by atoms with Crippen LogP contribution in [-0.4, -0.2) is 53.9 Å². The number of aromatic nitrogens is 1. The van der Waals surface area contributed by atoms with Crippen LogP contribution >= 0.6 is 0 Å². The van der Waals surface area contributed by atoms with Gasteiger partial charge in [0.25, 0.3) is 5.56 Å². The van der Waals surface area contributed by atoms with Crippen LogP contribution in [0.15, 0.2) is 44.3 Å². The van der Waals surface area contributed by atoms with E-state index in [2.05, 4.69) is 0 Å². The van der Waals surface area contributed by atoms with Crippen molar-refractivity contribution >= 4 is 16.8 Å². The Balaban J connectivity index is 1.69. The van der Waals surface area contributed by atoms with Crippen molar-refractivity contribution in [2.75, 3.05) is 33.4 Å². The second-order valence-electron chi connectivity index (χ2n) is 8.99. The maximum absolute atomic E-state index is 13.8. The molecule has 2 aliphatic rings. The molecule has 1 amide bonds. The fourth-order valence-corrected chi connectivity index (χ4v) is 5.10. The van der Waals surface area contributed by atoms with E-state index in [1.54, 1.807) is 15.5 Å². The number of aryl methyl sites for hydroxylation is 2. The Bertz CT molecular complexity index is 1380. The molecule has 1 fully saturated rings. The highest BCUT2D eigenvalue weighted by Crippen LogP contribution is 2.34. The number of methoxy groups -OCH3 is 1. The first-order chi connectivity index (χ1) is 17.0. The summed E-state index contributed by atoms with van der Waals surface area (Å²) >= 11 is 0. The largest absolute Gasteiger partial charge is 0.502 e. The van der Waals surface area contributed by atoms with Crippen molar-refractivity contribution in [3.63, 3.8) is 0 Å². The highest BCUT2D eigenvalue weighted by Gasteiger charge is 2.32. The third-order valence-electron chi connectivity index (χ3n) is 6.77. The minimum absolute atomic E-state index is 0.0119. The lowest BCUT2D eigenvalue weighted by molar-refractivity contribution is -0.135. The van der Waals surface area contributed by atoms with Gasteiger partial charge in [0.05, 0.1) is 24.6 Å². The molecule has 35 heavy (non-hydrogen) atoms. The van der Waals surface area contributed by atoms with Crippen molar-refractivity contribution in [1.82, 2.24) is 9.47 Å². The van der Waals surface area contributed by atoms with Crippen LogP contribution in [0.5, 0.6) is 5.75 Å². The topological polar surface area (TPSA) is 111 Å². The summed E-state index contributed by atoms with van der Waals surface area (Å²) in [5, 5.41) is 11.6. The van der Waals surface area contributed by atoms with Crippen LogP contribution in [-0.2, 0) is 33.8 Å². The second-order valence-corrected chi connectivity index (χ2v) is 8.99. The first-order valence-electron chi connectivity index (χ1n) is 11.8. The summed E-state index contributed by atoms with van der Waals surface area (Å²) in [6, 6.07) is 8.83. The number of rotatable bonds is 6. The van der Waals surface area contributed by atoms with Gasteiger partial charge in [0.2, 0.25) is 17.1 Å². The van der Waals surface area contributed by atoms with E-state index in [9.17, 15) is 19.5 Å². The molecule has 1 saturated heterocycles. The molecule has 1 N–H and O–H groups in total. The zero-order chi connectivity index (χ0) is 24.5. The number of aromatic hydroxyl groups is 1. The molecule has 0 saturated carbocycles. The Kier molecular flexibility index (Phi) is 6.44. The third kappa shape index (κ3) is 4.37. The van der Waals surface area contributed by atoms with Crippen molar-refractivity contribution in [1.29, 1.82) is 0 Å². The molecule has 1 atom stereocenters. The van der Waals surface area contributed by atoms with Crippen molar-refractivity contribution in [2.24, 2.45) is 0 Å². The summed E-state index contributed by atoms with van der Waals surface area (Å²) in [7, 11) is 1.46. The first kappa shape index (κ1) is 23.3. The van der Waals surface area contributed by atoms with Gasteiger partial charge in [0, 0.05) is 44.8 Å². The first-order valence-corrected chi connectivity index (χ1v) is 11.8. The van der Waals surface area contributed by atoms with Gasteiger partial charge >= 0.3 is 0 Å². The van der Waals surface area contributed by atoms with Gasteiger partial charge in [-0.2, -0.15) is 0 Å². The van der Waals surface area contributed by atoms with Crippen LogP contribution in [0.3, 0.4) is 0 Å². The Morgan fingerprint density at radius 2 is 1.97 bits per heavy atom. The number of nitrogens with zero attached hydrogens (tertiary/aromatic N) is 2. The molecule has 1 aromatic carbocycles. The third-order valence-corrected chi connectivity index (χ3v) is 6.77. The monoisotopic (exact) mass is 480 g/mol. The number of hydrogen-bond acceptors (Lipinski definition) is 7. The van der Waals surface area contributed by atoms with E-state index >= 15 is 0 Å². The van der Waals surface area contributed by atoms with Crippen molar-refractivity contribution in [3.8, 4) is 5.75 Å². The molecular formula is C26H28N2O7. The maximum Gasteiger partial charge on any atom is 0.255 e. The van der Waals surface area contributed by atoms with E-state index in [-0.39, 0.29) is 36.0 Å². The summed E-state index contributed by atoms with van der Waals surface area (Å²) in [5.74, 6) is -1.64. The van der Waals surface area contributed by atoms with Crippen LogP contribution in [0.25, 0.3) is 10.9 Å². The molecule has 4 heterocycles. The van der Waals surface area contributed by atoms with E-state index in [0.29, 0.717) is 38.4 Å². The van der Waals surface area contributed by atoms with Crippen LogP contribution in [0.2, 0.25) is 0 Å². The van der Waals surface area contributed by atoms with Crippen LogP contribution in [0.1, 0.15) is 41.4 Å². The Labute approximate surface area is 201 Å². The van der Waals surface area contributed by atoms with Crippen molar-refractivity contribution in [3.05, 3.63) is 73.6 Å². The Hall–Kier alpha value is -3.43. The quantitative estimate of drug-likeness (QED) is 0.575. The van der Waals surface area contributed by atoms with Gasteiger partial charge in [-0.25, -0.2) is 0 Å². The van der Waals surface area contributed by atoms with Gasteiger partial charge in [-0.3, -0.25) is 14.4 Å². The Morgan fingerprint density at radius 3 is 2.74 bits per heavy atom. The van der Waals surface area contributed by atoms with Gasteiger partial charge in [-0.05, 0) is 29.9 Å². The summed E-state index contributed by atoms with van der Waals surface area (Å²) < 4.78 is 18.1. The lowest BCUT2D eigenvalue weighted by Crippen LogP contribution is -2.41. The molecule has 2 aliphatic heterocycles. The average Bonchev–Trinajstić information content (AvgIpc) is 2.87. The predicted octanol–water partition coefficient (Wildman–Crippen LogP) is 2.13. The van der Waals surface area contributed by atoms with Gasteiger partial charge in [-0.15, -0.1) is 0 Å². The second kappa shape index (κ2) is 9.67. The summed E-state index contributed by atoms with van der Waals surface area (Å²) in [6.45, 7) is 2.33. The summed E-state index contributed by atoms with van der Waals surface area (Å²) in [4.78, 5) is 41.3. The minimum Gasteiger partial charge on any atom is -0.502 e. The van der Waals surface area contributed by atoms with Gasteiger partial charge in [0.15, 0.2) is 5.76 Å². The average molecular weight is 481 g/mol. The number of morpholine rings is 1. The summed E-state index contributed by atoms with van der Waals surface area (Å²) in [6.07, 6.45) is 1.59. The van der Waals surface area contributed by atoms with E-state index in [0.717, 1.165) is 35.4 Å². The molecule has 3 aromatic rings. The number of amides is 1. The van der Waals surface area contributed by atoms with Crippen LogP contribution in [0, 0.1) is 0 Å². The smallest absolute Gasteiger partial charge is 0.255 e. The van der Waals surface area contributed by atoms with E-state index < -0.39 is 17.1 Å². The molecule has 0 radical (unpaired) electrons. The van der Waals surface area contributed by atoms with E-state index in [1.165, 1.54) is 7.11 Å². The number of benzene rings is 1. The summed E-state index contributed by atoms with van der Waals surface area (Å²) in [5.41, 5.74) is 1.42. The lowest BCUT2D eigenvalue weighted by atomic mass is 9.90. The highest BCUT2D eigenvalue weighted by molar-refractivity contribution is 5.84. The standard InChI is InChI=1S/C26H28N2O7/c1-33-15-18-13-21(29)24(31)25(35-18)19(14-22(30)27-8-10-34-11-9-27)20-12-17-5-2-4-16-6-3-7-28(23(16)17)26(20)32/h2,4-5,12-13,19,31H,3,6-11,14-15H2,1H3. The molecule has 2 aromatic heterocycles.